The zero-order valence-electron chi connectivity index (χ0n) is 10.4. The van der Waals surface area contributed by atoms with E-state index in [-0.39, 0.29) is 23.5 Å². The number of halogens is 1. The summed E-state index contributed by atoms with van der Waals surface area (Å²) in [6.45, 7) is 1.37. The van der Waals surface area contributed by atoms with Crippen molar-refractivity contribution >= 4 is 11.5 Å². The van der Waals surface area contributed by atoms with E-state index < -0.39 is 5.82 Å². The second-order valence-electron chi connectivity index (χ2n) is 4.87. The summed E-state index contributed by atoms with van der Waals surface area (Å²) in [5, 5.41) is 12.7. The topological polar surface area (TPSA) is 49.3 Å². The normalized spacial score (nSPS) is 23.7. The first-order valence-corrected chi connectivity index (χ1v) is 6.32. The highest BCUT2D eigenvalue weighted by Gasteiger charge is 2.21. The Hall–Kier alpha value is -1.42. The van der Waals surface area contributed by atoms with Crippen molar-refractivity contribution in [2.45, 2.75) is 44.8 Å². The zero-order chi connectivity index (χ0) is 13.1. The maximum absolute atomic E-state index is 13.6. The van der Waals surface area contributed by atoms with Crippen molar-refractivity contribution in [2.75, 3.05) is 5.32 Å². The van der Waals surface area contributed by atoms with Gasteiger partial charge in [-0.3, -0.25) is 4.79 Å². The van der Waals surface area contributed by atoms with Crippen LogP contribution < -0.4 is 5.32 Å². The van der Waals surface area contributed by atoms with Gasteiger partial charge < -0.3 is 10.4 Å². The summed E-state index contributed by atoms with van der Waals surface area (Å²) in [5.74, 6) is -0.755. The van der Waals surface area contributed by atoms with Crippen molar-refractivity contribution in [3.8, 4) is 0 Å². The summed E-state index contributed by atoms with van der Waals surface area (Å²) in [7, 11) is 0. The van der Waals surface area contributed by atoms with Crippen LogP contribution in [0.5, 0.6) is 0 Å². The van der Waals surface area contributed by atoms with Crippen molar-refractivity contribution in [1.29, 1.82) is 0 Å². The lowest BCUT2D eigenvalue weighted by Crippen LogP contribution is -2.28. The van der Waals surface area contributed by atoms with Gasteiger partial charge in [-0.25, -0.2) is 4.39 Å². The molecule has 18 heavy (non-hydrogen) atoms. The summed E-state index contributed by atoms with van der Waals surface area (Å²) in [6, 6.07) is 4.83. The third-order valence-electron chi connectivity index (χ3n) is 3.42. The SMILES string of the molecule is CC(=O)c1c(F)cccc1NC1CCC(O)CC1. The summed E-state index contributed by atoms with van der Waals surface area (Å²) in [5.41, 5.74) is 0.688. The van der Waals surface area contributed by atoms with E-state index in [1.807, 2.05) is 0 Å². The number of aliphatic hydroxyl groups is 1. The lowest BCUT2D eigenvalue weighted by molar-refractivity contribution is 0.101. The summed E-state index contributed by atoms with van der Waals surface area (Å²) >= 11 is 0. The number of anilines is 1. The molecule has 1 aromatic carbocycles. The first-order valence-electron chi connectivity index (χ1n) is 6.32. The number of carbonyl (C=O) groups is 1. The molecule has 2 rings (SSSR count). The molecule has 0 spiro atoms. The van der Waals surface area contributed by atoms with Gasteiger partial charge in [0.05, 0.1) is 11.7 Å². The molecule has 1 aliphatic rings. The fraction of sp³-hybridized carbons (Fsp3) is 0.500. The first kappa shape index (κ1) is 13.0. The first-order chi connectivity index (χ1) is 8.58. The van der Waals surface area contributed by atoms with E-state index in [0.29, 0.717) is 5.69 Å². The maximum atomic E-state index is 13.6. The van der Waals surface area contributed by atoms with Crippen LogP contribution in [0.3, 0.4) is 0 Å². The minimum atomic E-state index is -0.483. The van der Waals surface area contributed by atoms with Crippen LogP contribution in [-0.4, -0.2) is 23.0 Å². The maximum Gasteiger partial charge on any atom is 0.164 e. The minimum Gasteiger partial charge on any atom is -0.393 e. The van der Waals surface area contributed by atoms with Gasteiger partial charge in [0.1, 0.15) is 5.82 Å². The Kier molecular flexibility index (Phi) is 3.97. The van der Waals surface area contributed by atoms with E-state index in [1.54, 1.807) is 12.1 Å². The number of carbonyl (C=O) groups excluding carboxylic acids is 1. The molecule has 1 fully saturated rings. The van der Waals surface area contributed by atoms with E-state index in [4.69, 9.17) is 0 Å². The van der Waals surface area contributed by atoms with E-state index in [0.717, 1.165) is 25.7 Å². The van der Waals surface area contributed by atoms with E-state index in [2.05, 4.69) is 5.32 Å². The Bertz CT molecular complexity index is 439. The third-order valence-corrected chi connectivity index (χ3v) is 3.42. The molecule has 1 aromatic rings. The van der Waals surface area contributed by atoms with Crippen LogP contribution >= 0.6 is 0 Å². The lowest BCUT2D eigenvalue weighted by atomic mass is 9.92. The molecular weight excluding hydrogens is 233 g/mol. The van der Waals surface area contributed by atoms with E-state index in [1.165, 1.54) is 13.0 Å². The predicted octanol–water partition coefficient (Wildman–Crippen LogP) is 2.74. The minimum absolute atomic E-state index is 0.128. The third kappa shape index (κ3) is 2.88. The molecule has 4 heteroatoms. The summed E-state index contributed by atoms with van der Waals surface area (Å²) < 4.78 is 13.6. The predicted molar refractivity (Wildman–Crippen MR) is 68.3 cm³/mol. The average Bonchev–Trinajstić information content (AvgIpc) is 2.32. The van der Waals surface area contributed by atoms with Gasteiger partial charge in [-0.05, 0) is 44.7 Å². The van der Waals surface area contributed by atoms with Crippen LogP contribution in [0.2, 0.25) is 0 Å². The number of hydrogen-bond donors (Lipinski definition) is 2. The molecule has 0 radical (unpaired) electrons. The molecule has 0 amide bonds. The quantitative estimate of drug-likeness (QED) is 0.812. The van der Waals surface area contributed by atoms with Crippen LogP contribution in [-0.2, 0) is 0 Å². The summed E-state index contributed by atoms with van der Waals surface area (Å²) in [4.78, 5) is 11.5. The lowest BCUT2D eigenvalue weighted by Gasteiger charge is -2.27. The van der Waals surface area contributed by atoms with Gasteiger partial charge in [0, 0.05) is 11.7 Å². The Morgan fingerprint density at radius 1 is 1.33 bits per heavy atom. The summed E-state index contributed by atoms with van der Waals surface area (Å²) in [6.07, 6.45) is 2.97. The smallest absolute Gasteiger partial charge is 0.164 e. The molecule has 1 saturated carbocycles. The Morgan fingerprint density at radius 2 is 2.00 bits per heavy atom. The largest absolute Gasteiger partial charge is 0.393 e. The molecule has 3 nitrogen and oxygen atoms in total. The zero-order valence-corrected chi connectivity index (χ0v) is 10.4. The van der Waals surface area contributed by atoms with Gasteiger partial charge in [0.25, 0.3) is 0 Å². The molecule has 0 saturated heterocycles. The molecule has 0 aliphatic heterocycles. The van der Waals surface area contributed by atoms with Crippen molar-refractivity contribution in [2.24, 2.45) is 0 Å². The highest BCUT2D eigenvalue weighted by Crippen LogP contribution is 2.25. The highest BCUT2D eigenvalue weighted by molar-refractivity contribution is 5.99. The molecule has 0 atom stereocenters. The van der Waals surface area contributed by atoms with E-state index >= 15 is 0 Å². The van der Waals surface area contributed by atoms with Gasteiger partial charge in [0.15, 0.2) is 5.78 Å². The number of nitrogens with one attached hydrogen (secondary N) is 1. The fourth-order valence-corrected chi connectivity index (χ4v) is 2.44. The number of benzene rings is 1. The Labute approximate surface area is 106 Å². The van der Waals surface area contributed by atoms with Gasteiger partial charge in [-0.2, -0.15) is 0 Å². The van der Waals surface area contributed by atoms with Crippen LogP contribution in [0.25, 0.3) is 0 Å². The molecule has 0 aromatic heterocycles. The van der Waals surface area contributed by atoms with Gasteiger partial charge in [-0.15, -0.1) is 0 Å². The second-order valence-corrected chi connectivity index (χ2v) is 4.87. The standard InChI is InChI=1S/C14H18FNO2/c1-9(17)14-12(15)3-2-4-13(14)16-10-5-7-11(18)8-6-10/h2-4,10-11,16,18H,5-8H2,1H3. The van der Waals surface area contributed by atoms with Crippen LogP contribution in [0.4, 0.5) is 10.1 Å². The van der Waals surface area contributed by atoms with Crippen molar-refractivity contribution in [3.63, 3.8) is 0 Å². The molecule has 1 aliphatic carbocycles. The van der Waals surface area contributed by atoms with Crippen molar-refractivity contribution < 1.29 is 14.3 Å². The van der Waals surface area contributed by atoms with Crippen LogP contribution in [0, 0.1) is 5.82 Å². The van der Waals surface area contributed by atoms with Crippen LogP contribution in [0.15, 0.2) is 18.2 Å². The molecule has 0 heterocycles. The average molecular weight is 251 g/mol. The number of hydrogen-bond acceptors (Lipinski definition) is 3. The second kappa shape index (κ2) is 5.48. The Balaban J connectivity index is 2.14. The van der Waals surface area contributed by atoms with Crippen molar-refractivity contribution in [1.82, 2.24) is 0 Å². The molecular formula is C14H18FNO2. The van der Waals surface area contributed by atoms with Gasteiger partial charge in [-0.1, -0.05) is 6.07 Å². The van der Waals surface area contributed by atoms with Gasteiger partial charge >= 0.3 is 0 Å². The highest BCUT2D eigenvalue weighted by atomic mass is 19.1. The molecule has 0 bridgehead atoms. The molecule has 98 valence electrons. The van der Waals surface area contributed by atoms with E-state index in [9.17, 15) is 14.3 Å². The van der Waals surface area contributed by atoms with Crippen molar-refractivity contribution in [3.05, 3.63) is 29.6 Å². The number of ketones is 1. The monoisotopic (exact) mass is 251 g/mol. The molecule has 0 unspecified atom stereocenters. The number of rotatable bonds is 3. The molecule has 2 N–H and O–H groups in total. The number of Topliss-reactive ketones (excluding diaryl/α,β-unsaturated/α-hetero) is 1. The fourth-order valence-electron chi connectivity index (χ4n) is 2.44. The van der Waals surface area contributed by atoms with Crippen LogP contribution in [0.1, 0.15) is 43.0 Å². The van der Waals surface area contributed by atoms with Gasteiger partial charge in [0.2, 0.25) is 0 Å². The Morgan fingerprint density at radius 3 is 2.61 bits per heavy atom. The number of aliphatic hydroxyl groups excluding tert-OH is 1.